The number of pyridine rings is 2. The summed E-state index contributed by atoms with van der Waals surface area (Å²) in [7, 11) is 0. The molecule has 1 aliphatic heterocycles. The number of hydrogen-bond donors (Lipinski definition) is 2. The fourth-order valence-electron chi connectivity index (χ4n) is 4.30. The summed E-state index contributed by atoms with van der Waals surface area (Å²) in [6.45, 7) is 10.1. The molecule has 0 bridgehead atoms. The molecular weight excluding hydrogens is 490 g/mol. The molecule has 2 aromatic heterocycles. The first-order valence-corrected chi connectivity index (χ1v) is 13.8. The Labute approximate surface area is 220 Å². The van der Waals surface area contributed by atoms with Crippen LogP contribution in [0.5, 0.6) is 11.8 Å². The zero-order valence-electron chi connectivity index (χ0n) is 21.3. The van der Waals surface area contributed by atoms with Crippen LogP contribution in [0.1, 0.15) is 50.4 Å². The molecule has 3 aromatic rings. The topological polar surface area (TPSA) is 102 Å². The van der Waals surface area contributed by atoms with E-state index < -0.39 is 5.41 Å². The maximum absolute atomic E-state index is 13.4. The molecule has 7 nitrogen and oxygen atoms in total. The molecule has 0 saturated heterocycles. The molecule has 0 unspecified atom stereocenters. The van der Waals surface area contributed by atoms with Gasteiger partial charge in [0.15, 0.2) is 5.17 Å². The highest BCUT2D eigenvalue weighted by Crippen LogP contribution is 2.51. The molecule has 188 valence electrons. The summed E-state index contributed by atoms with van der Waals surface area (Å²) in [5, 5.41) is 7.39. The molecule has 1 amide bonds. The van der Waals surface area contributed by atoms with Crippen LogP contribution in [-0.2, 0) is 4.79 Å². The number of hydrazone groups is 1. The van der Waals surface area contributed by atoms with E-state index in [2.05, 4.69) is 53.5 Å². The minimum atomic E-state index is -0.880. The van der Waals surface area contributed by atoms with Gasteiger partial charge in [0, 0.05) is 38.4 Å². The lowest BCUT2D eigenvalue weighted by atomic mass is 9.70. The van der Waals surface area contributed by atoms with Gasteiger partial charge in [-0.1, -0.05) is 63.7 Å². The first-order chi connectivity index (χ1) is 17.1. The number of aryl methyl sites for hydroxylation is 1. The third-order valence-corrected chi connectivity index (χ3v) is 7.70. The van der Waals surface area contributed by atoms with Crippen LogP contribution in [0.4, 0.5) is 0 Å². The lowest BCUT2D eigenvalue weighted by molar-refractivity contribution is -0.128. The molecule has 1 atom stereocenters. The van der Waals surface area contributed by atoms with Gasteiger partial charge in [-0.05, 0) is 37.4 Å². The Morgan fingerprint density at radius 1 is 1.06 bits per heavy atom. The molecule has 1 aliphatic rings. The maximum atomic E-state index is 13.4. The summed E-state index contributed by atoms with van der Waals surface area (Å²) in [6, 6.07) is 16.3. The quantitative estimate of drug-likeness (QED) is 0.141. The van der Waals surface area contributed by atoms with E-state index in [9.17, 15) is 4.79 Å². The third-order valence-electron chi connectivity index (χ3n) is 6.09. The second kappa shape index (κ2) is 10.5. The van der Waals surface area contributed by atoms with Crippen LogP contribution in [0.2, 0.25) is 0 Å². The minimum absolute atomic E-state index is 0.201. The van der Waals surface area contributed by atoms with E-state index in [1.807, 2.05) is 63.1 Å². The molecule has 3 heterocycles. The van der Waals surface area contributed by atoms with Crippen molar-refractivity contribution in [3.05, 3.63) is 65.4 Å². The van der Waals surface area contributed by atoms with E-state index in [0.717, 1.165) is 28.1 Å². The van der Waals surface area contributed by atoms with Gasteiger partial charge < -0.3 is 15.9 Å². The van der Waals surface area contributed by atoms with Crippen molar-refractivity contribution in [2.75, 3.05) is 6.26 Å². The number of carbonyl (C=O) groups is 1. The number of nitrogens with two attached hydrogens (primary N) is 1. The first kappa shape index (κ1) is 26.0. The average Bonchev–Trinajstić information content (AvgIpc) is 2.85. The minimum Gasteiger partial charge on any atom is -0.420 e. The molecule has 4 rings (SSSR count). The van der Waals surface area contributed by atoms with E-state index >= 15 is 0 Å². The number of amides is 1. The number of nitrogens with one attached hydrogen (secondary N) is 1. The zero-order chi connectivity index (χ0) is 26.0. The van der Waals surface area contributed by atoms with Crippen molar-refractivity contribution in [3.8, 4) is 23.0 Å². The van der Waals surface area contributed by atoms with Crippen LogP contribution in [0.3, 0.4) is 0 Å². The molecular formula is C27H31N5O2S2. The van der Waals surface area contributed by atoms with Gasteiger partial charge in [-0.2, -0.15) is 5.10 Å². The number of hydrogen-bond acceptors (Lipinski definition) is 8. The van der Waals surface area contributed by atoms with Gasteiger partial charge in [0.25, 0.3) is 0 Å². The zero-order valence-corrected chi connectivity index (χ0v) is 23.0. The number of carbonyl (C=O) groups excluding carboxylic acids is 1. The smallest absolute Gasteiger partial charge is 0.232 e. The molecule has 9 heteroatoms. The molecule has 3 N–H and O–H groups in total. The highest BCUT2D eigenvalue weighted by atomic mass is 32.2. The van der Waals surface area contributed by atoms with Crippen molar-refractivity contribution in [1.82, 2.24) is 15.3 Å². The molecule has 0 radical (unpaired) electrons. The number of thioether (sulfide) groups is 2. The van der Waals surface area contributed by atoms with Gasteiger partial charge in [0.05, 0.1) is 11.1 Å². The van der Waals surface area contributed by atoms with Gasteiger partial charge in [0.2, 0.25) is 17.7 Å². The highest BCUT2D eigenvalue weighted by Gasteiger charge is 2.45. The molecule has 36 heavy (non-hydrogen) atoms. The maximum Gasteiger partial charge on any atom is 0.232 e. The van der Waals surface area contributed by atoms with Crippen LogP contribution in [-0.4, -0.2) is 32.5 Å². The number of rotatable bonds is 5. The Bertz CT molecular complexity index is 1310. The van der Waals surface area contributed by atoms with Crippen LogP contribution in [0.15, 0.2) is 58.5 Å². The average molecular weight is 522 g/mol. The lowest BCUT2D eigenvalue weighted by Crippen LogP contribution is -2.44. The number of benzene rings is 1. The Kier molecular flexibility index (Phi) is 7.61. The molecule has 0 aliphatic carbocycles. The summed E-state index contributed by atoms with van der Waals surface area (Å²) in [5.74, 6) is 5.83. The van der Waals surface area contributed by atoms with Crippen molar-refractivity contribution < 1.29 is 9.53 Å². The Morgan fingerprint density at radius 3 is 2.31 bits per heavy atom. The Balaban J connectivity index is 1.76. The summed E-state index contributed by atoms with van der Waals surface area (Å²) in [4.78, 5) is 24.1. The van der Waals surface area contributed by atoms with Gasteiger partial charge >= 0.3 is 0 Å². The third kappa shape index (κ3) is 5.22. The van der Waals surface area contributed by atoms with Gasteiger partial charge in [0.1, 0.15) is 0 Å². The van der Waals surface area contributed by atoms with Gasteiger partial charge in [-0.3, -0.25) is 4.79 Å². The van der Waals surface area contributed by atoms with Gasteiger partial charge in [-0.25, -0.2) is 9.97 Å². The predicted octanol–water partition coefficient (Wildman–Crippen LogP) is 5.93. The summed E-state index contributed by atoms with van der Waals surface area (Å²) in [5.41, 5.74) is 3.41. The fourth-order valence-corrected chi connectivity index (χ4v) is 5.43. The summed E-state index contributed by atoms with van der Waals surface area (Å²) < 4.78 is 6.22. The van der Waals surface area contributed by atoms with Crippen LogP contribution >= 0.6 is 23.5 Å². The van der Waals surface area contributed by atoms with Crippen LogP contribution in [0.25, 0.3) is 11.3 Å². The summed E-state index contributed by atoms with van der Waals surface area (Å²) >= 11 is 3.10. The second-order valence-corrected chi connectivity index (χ2v) is 11.9. The standard InChI is InChI=1S/C27H31N5O2S2/c1-15(2)36-18-10-8-17(9-11-18)21-14-13-20-22(27(4,5)25(33)31-26(32-28)35-6)19-12-7-16(3)29-23(19)34-24(20)30-21/h7-15,22H,28H2,1-6H3,(H,31,32,33)/t22-/m0/s1. The lowest BCUT2D eigenvalue weighted by Gasteiger charge is -2.37. The van der Waals surface area contributed by atoms with E-state index in [-0.39, 0.29) is 11.8 Å². The predicted molar refractivity (Wildman–Crippen MR) is 149 cm³/mol. The summed E-state index contributed by atoms with van der Waals surface area (Å²) in [6.07, 6.45) is 1.81. The largest absolute Gasteiger partial charge is 0.420 e. The van der Waals surface area contributed by atoms with Crippen LogP contribution < -0.4 is 15.9 Å². The monoisotopic (exact) mass is 521 g/mol. The second-order valence-electron chi connectivity index (χ2n) is 9.48. The van der Waals surface area contributed by atoms with Crippen molar-refractivity contribution in [2.24, 2.45) is 16.4 Å². The Morgan fingerprint density at radius 2 is 1.69 bits per heavy atom. The van der Waals surface area contributed by atoms with E-state index in [1.54, 1.807) is 0 Å². The van der Waals surface area contributed by atoms with Crippen LogP contribution in [0, 0.1) is 12.3 Å². The SMILES string of the molecule is CS/C(=N\N)NC(=O)C(C)(C)[C@H]1c2ccc(C)nc2Oc2nc(-c3ccc(SC(C)C)cc3)ccc21. The Hall–Kier alpha value is -3.04. The number of amidine groups is 1. The molecule has 0 spiro atoms. The van der Waals surface area contributed by atoms with Crippen molar-refractivity contribution in [1.29, 1.82) is 0 Å². The van der Waals surface area contributed by atoms with Crippen molar-refractivity contribution >= 4 is 34.6 Å². The van der Waals surface area contributed by atoms with E-state index in [4.69, 9.17) is 15.6 Å². The first-order valence-electron chi connectivity index (χ1n) is 11.7. The molecule has 0 saturated carbocycles. The van der Waals surface area contributed by atoms with Crippen molar-refractivity contribution in [2.45, 2.75) is 50.7 Å². The normalized spacial score (nSPS) is 15.2. The molecule has 0 fully saturated rings. The number of fused-ring (bicyclic) bond motifs is 2. The van der Waals surface area contributed by atoms with Crippen molar-refractivity contribution in [3.63, 3.8) is 0 Å². The van der Waals surface area contributed by atoms with Gasteiger partial charge in [-0.15, -0.1) is 11.8 Å². The molecule has 1 aromatic carbocycles. The number of nitrogens with zero attached hydrogens (tertiary/aromatic N) is 3. The number of aromatic nitrogens is 2. The number of ether oxygens (including phenoxy) is 1. The highest BCUT2D eigenvalue weighted by molar-refractivity contribution is 8.13. The van der Waals surface area contributed by atoms with E-state index in [1.165, 1.54) is 16.7 Å². The van der Waals surface area contributed by atoms with E-state index in [0.29, 0.717) is 22.2 Å². The fraction of sp³-hybridized carbons (Fsp3) is 0.333.